The summed E-state index contributed by atoms with van der Waals surface area (Å²) in [6, 6.07) is 20.1. The summed E-state index contributed by atoms with van der Waals surface area (Å²) in [5.41, 5.74) is 1.48. The Bertz CT molecular complexity index is 3100. The third-order valence-corrected chi connectivity index (χ3v) is 15.4. The second-order valence-corrected chi connectivity index (χ2v) is 19.8. The van der Waals surface area contributed by atoms with Crippen LogP contribution in [0.4, 0.5) is 15.8 Å². The molecule has 4 fully saturated rings. The molecule has 1 saturated carbocycles. The predicted octanol–water partition coefficient (Wildman–Crippen LogP) is 5.88. The van der Waals surface area contributed by atoms with Crippen molar-refractivity contribution in [2.75, 3.05) is 50.5 Å². The highest BCUT2D eigenvalue weighted by Gasteiger charge is 2.72. The first-order valence-electron chi connectivity index (χ1n) is 23.6. The van der Waals surface area contributed by atoms with Gasteiger partial charge in [0.2, 0.25) is 23.6 Å². The summed E-state index contributed by atoms with van der Waals surface area (Å²) >= 11 is 12.8. The summed E-state index contributed by atoms with van der Waals surface area (Å²) in [4.78, 5) is 84.3. The van der Waals surface area contributed by atoms with Crippen LogP contribution in [-0.2, 0) is 36.4 Å². The van der Waals surface area contributed by atoms with Crippen LogP contribution in [0.15, 0.2) is 83.7 Å². The zero-order valence-electron chi connectivity index (χ0n) is 38.6. The summed E-state index contributed by atoms with van der Waals surface area (Å²) in [5.74, 6) is 2.88. The number of benzene rings is 4. The molecule has 5 amide bonds. The van der Waals surface area contributed by atoms with Crippen molar-refractivity contribution < 1.29 is 33.1 Å². The minimum Gasteiger partial charge on any atom is -0.374 e. The van der Waals surface area contributed by atoms with Crippen LogP contribution in [0.2, 0.25) is 10.0 Å². The van der Waals surface area contributed by atoms with E-state index in [0.717, 1.165) is 19.3 Å². The van der Waals surface area contributed by atoms with Crippen LogP contribution in [0.5, 0.6) is 0 Å². The van der Waals surface area contributed by atoms with Gasteiger partial charge in [0.1, 0.15) is 17.3 Å². The zero-order valence-corrected chi connectivity index (χ0v) is 40.1. The Labute approximate surface area is 413 Å². The maximum Gasteiger partial charge on any atom is 0.329 e. The largest absolute Gasteiger partial charge is 0.374 e. The normalized spacial score (nSPS) is 24.0. The summed E-state index contributed by atoms with van der Waals surface area (Å²) < 4.78 is 25.3. The van der Waals surface area contributed by atoms with E-state index in [-0.39, 0.29) is 52.9 Å². The predicted molar refractivity (Wildman–Crippen MR) is 262 cm³/mol. The van der Waals surface area contributed by atoms with E-state index in [1.54, 1.807) is 73.6 Å². The number of aryl methyl sites for hydroxylation is 1. The molecule has 2 spiro atoms. The van der Waals surface area contributed by atoms with Crippen LogP contribution in [0.25, 0.3) is 11.0 Å². The molecule has 0 radical (unpaired) electrons. The molecule has 10 rings (SSSR count). The molecule has 362 valence electrons. The monoisotopic (exact) mass is 988 g/mol. The molecule has 0 bridgehead atoms. The fourth-order valence-electron chi connectivity index (χ4n) is 11.7. The first-order valence-corrected chi connectivity index (χ1v) is 24.3. The first kappa shape index (κ1) is 47.3. The number of piperidine rings is 1. The fourth-order valence-corrected chi connectivity index (χ4v) is 12.1. The highest BCUT2D eigenvalue weighted by Crippen LogP contribution is 2.63. The molecule has 4 aromatic carbocycles. The van der Waals surface area contributed by atoms with Crippen LogP contribution in [-0.4, -0.2) is 106 Å². The average Bonchev–Trinajstić information content (AvgIpc) is 3.90. The van der Waals surface area contributed by atoms with Crippen molar-refractivity contribution in [3.63, 3.8) is 0 Å². The highest BCUT2D eigenvalue weighted by atomic mass is 35.5. The Morgan fingerprint density at radius 1 is 0.957 bits per heavy atom. The van der Waals surface area contributed by atoms with E-state index < -0.39 is 46.6 Å². The summed E-state index contributed by atoms with van der Waals surface area (Å²) in [6.07, 6.45) is 3.89. The van der Waals surface area contributed by atoms with Crippen molar-refractivity contribution in [2.24, 2.45) is 7.05 Å². The number of hydrogen-bond donors (Lipinski definition) is 4. The van der Waals surface area contributed by atoms with E-state index in [9.17, 15) is 28.8 Å². The lowest BCUT2D eigenvalue weighted by atomic mass is 9.55. The van der Waals surface area contributed by atoms with Gasteiger partial charge in [0.15, 0.2) is 0 Å². The first-order chi connectivity index (χ1) is 33.7. The highest BCUT2D eigenvalue weighted by molar-refractivity contribution is 6.31. The third-order valence-electron chi connectivity index (χ3n) is 14.9. The number of anilines is 2. The molecule has 15 nitrogen and oxygen atoms in total. The van der Waals surface area contributed by atoms with Gasteiger partial charge in [-0.1, -0.05) is 72.5 Å². The van der Waals surface area contributed by atoms with E-state index >= 15 is 4.39 Å². The summed E-state index contributed by atoms with van der Waals surface area (Å²) in [5, 5.41) is 12.3. The van der Waals surface area contributed by atoms with Crippen LogP contribution < -0.4 is 27.0 Å². The van der Waals surface area contributed by atoms with E-state index in [1.807, 2.05) is 18.2 Å². The lowest BCUT2D eigenvalue weighted by Crippen LogP contribution is -2.60. The molecule has 5 aliphatic rings. The summed E-state index contributed by atoms with van der Waals surface area (Å²) in [6.45, 7) is 2.41. The SMILES string of the molecule is CN(C[C@@H]1CN(CC#Cc2ccc3c(c2)n(C)c(=O)n3C2CCC(=O)NC2=O)CCO1)C(=O)c1ccc(NC(=O)[C@@H]2NC3(CCCCC3)[C@@]3(C(=O)Nc4cc(Cl)ccc43)[C@H]2c2cccc(Cl)c2F)cc1. The lowest BCUT2D eigenvalue weighted by molar-refractivity contribution is -0.135. The van der Waals surface area contributed by atoms with Crippen LogP contribution >= 0.6 is 23.2 Å². The van der Waals surface area contributed by atoms with Crippen molar-refractivity contribution in [3.05, 3.63) is 127 Å². The van der Waals surface area contributed by atoms with E-state index in [0.29, 0.717) is 89.7 Å². The molecule has 1 unspecified atom stereocenters. The second kappa shape index (κ2) is 18.8. The van der Waals surface area contributed by atoms with Crippen molar-refractivity contribution in [2.45, 2.75) is 80.0 Å². The second-order valence-electron chi connectivity index (χ2n) is 19.0. The number of carbonyl (C=O) groups is 5. The number of likely N-dealkylation sites (N-methyl/N-ethyl adjacent to an activating group) is 1. The van der Waals surface area contributed by atoms with Gasteiger partial charge in [-0.25, -0.2) is 9.18 Å². The molecule has 5 atom stereocenters. The third kappa shape index (κ3) is 8.17. The van der Waals surface area contributed by atoms with Crippen molar-refractivity contribution in [1.29, 1.82) is 0 Å². The van der Waals surface area contributed by atoms with E-state index in [4.69, 9.17) is 27.9 Å². The molecule has 3 saturated heterocycles. The van der Waals surface area contributed by atoms with Gasteiger partial charge in [0.05, 0.1) is 41.4 Å². The number of nitrogens with one attached hydrogen (secondary N) is 4. The number of hydrogen-bond acceptors (Lipinski definition) is 9. The number of rotatable bonds is 8. The number of aromatic nitrogens is 2. The maximum atomic E-state index is 16.3. The fraction of sp³-hybridized carbons (Fsp3) is 0.385. The number of imidazole rings is 1. The van der Waals surface area contributed by atoms with Gasteiger partial charge in [-0.3, -0.25) is 48.6 Å². The average molecular weight is 990 g/mol. The zero-order chi connectivity index (χ0) is 49.1. The van der Waals surface area contributed by atoms with Gasteiger partial charge in [-0.15, -0.1) is 0 Å². The number of carbonyl (C=O) groups excluding carboxylic acids is 5. The van der Waals surface area contributed by atoms with Gasteiger partial charge >= 0.3 is 5.69 Å². The Morgan fingerprint density at radius 3 is 2.51 bits per heavy atom. The Kier molecular flexibility index (Phi) is 12.7. The molecular formula is C52H51Cl2FN8O7. The van der Waals surface area contributed by atoms with Crippen LogP contribution in [0, 0.1) is 17.7 Å². The molecule has 1 aliphatic carbocycles. The van der Waals surface area contributed by atoms with Crippen molar-refractivity contribution in [3.8, 4) is 11.8 Å². The molecule has 18 heteroatoms. The van der Waals surface area contributed by atoms with Gasteiger partial charge in [-0.05, 0) is 91.1 Å². The van der Waals surface area contributed by atoms with Crippen molar-refractivity contribution in [1.82, 2.24) is 29.6 Å². The molecule has 1 aromatic heterocycles. The summed E-state index contributed by atoms with van der Waals surface area (Å²) in [7, 11) is 3.35. The lowest BCUT2D eigenvalue weighted by Gasteiger charge is -2.47. The van der Waals surface area contributed by atoms with Gasteiger partial charge < -0.3 is 20.3 Å². The van der Waals surface area contributed by atoms with Crippen molar-refractivity contribution >= 4 is 75.1 Å². The van der Waals surface area contributed by atoms with Gasteiger partial charge in [0, 0.05) is 79.1 Å². The maximum absolute atomic E-state index is 16.3. The Morgan fingerprint density at radius 2 is 1.74 bits per heavy atom. The number of amides is 5. The Hall–Kier alpha value is -6.35. The van der Waals surface area contributed by atoms with Gasteiger partial charge in [-0.2, -0.15) is 0 Å². The molecule has 5 aromatic rings. The number of nitrogens with zero attached hydrogens (tertiary/aromatic N) is 4. The number of morpholine rings is 1. The van der Waals surface area contributed by atoms with E-state index in [1.165, 1.54) is 15.2 Å². The minimum absolute atomic E-state index is 0.112. The molecule has 4 N–H and O–H groups in total. The molecule has 70 heavy (non-hydrogen) atoms. The number of fused-ring (bicyclic) bond motifs is 4. The van der Waals surface area contributed by atoms with Crippen LogP contribution in [0.3, 0.4) is 0 Å². The number of imide groups is 1. The van der Waals surface area contributed by atoms with E-state index in [2.05, 4.69) is 38.0 Å². The number of halogens is 3. The molecule has 4 aliphatic heterocycles. The smallest absolute Gasteiger partial charge is 0.329 e. The molecule has 5 heterocycles. The standard InChI is InChI=1S/C52H51Cl2FN8O7/c1-60(28-34-29-62(24-25-70-34)23-7-8-30-11-18-39-41(26-30)61(2)50(69)63(39)40-19-20-42(64)58-46(40)65)48(67)31-12-15-33(16-13-31)56-47(66)45-43(35-9-6-10-37(54)44(35)55)52(51(59-45)21-4-3-5-22-51)36-17-14-32(53)27-38(36)57-49(52)68/h6,9-18,26-27,34,40,43,45,59H,3-5,19-25,28-29H2,1-2H3,(H,56,66)(H,57,68)(H,58,64,65)/t34-,40?,43+,45-,52-/m1/s1. The quantitative estimate of drug-likeness (QED) is 0.109. The molecular weight excluding hydrogens is 939 g/mol. The minimum atomic E-state index is -1.37. The van der Waals surface area contributed by atoms with Gasteiger partial charge in [0.25, 0.3) is 5.91 Å². The Balaban J connectivity index is 0.802. The topological polar surface area (TPSA) is 176 Å². The number of ether oxygens (including phenoxy) is 1. The van der Waals surface area contributed by atoms with Crippen LogP contribution in [0.1, 0.15) is 84.0 Å².